The van der Waals surface area contributed by atoms with E-state index in [0.717, 1.165) is 0 Å². The number of rotatable bonds is 1. The molecule has 30 valence electrons. The van der Waals surface area contributed by atoms with E-state index >= 15 is 0 Å². The van der Waals surface area contributed by atoms with Crippen molar-refractivity contribution in [3.05, 3.63) is 5.53 Å². The average molecular weight is 93.1 g/mol. The van der Waals surface area contributed by atoms with Crippen LogP contribution in [-0.4, -0.2) is 8.76 Å². The van der Waals surface area contributed by atoms with E-state index in [-0.39, 0.29) is 0 Å². The summed E-state index contributed by atoms with van der Waals surface area (Å²) >= 11 is -2.39. The van der Waals surface area contributed by atoms with E-state index in [2.05, 4.69) is 0 Å². The predicted octanol–water partition coefficient (Wildman–Crippen LogP) is 0.145. The minimum absolute atomic E-state index is 1.92. The van der Waals surface area contributed by atoms with E-state index in [1.807, 2.05) is 4.52 Å². The van der Waals surface area contributed by atoms with Gasteiger partial charge in [0.05, 0.1) is 0 Å². The van der Waals surface area contributed by atoms with Gasteiger partial charge in [-0.05, 0) is 0 Å². The van der Waals surface area contributed by atoms with Gasteiger partial charge in [-0.15, -0.1) is 0 Å². The summed E-state index contributed by atoms with van der Waals surface area (Å²) in [5.41, 5.74) is 7.22. The average Bonchev–Trinajstić information content (AvgIpc) is 1.38. The zero-order valence-electron chi connectivity index (χ0n) is 2.16. The van der Waals surface area contributed by atoms with E-state index in [9.17, 15) is 0 Å². The van der Waals surface area contributed by atoms with Gasteiger partial charge in [0, 0.05) is 0 Å². The zero-order chi connectivity index (χ0) is 4.28. The van der Waals surface area contributed by atoms with Crippen molar-refractivity contribution in [1.29, 1.82) is 0 Å². The molecule has 5 heavy (non-hydrogen) atoms. The van der Waals surface area contributed by atoms with Gasteiger partial charge in [0.15, 0.2) is 0 Å². The Morgan fingerprint density at radius 1 is 2.00 bits per heavy atom. The van der Waals surface area contributed by atoms with E-state index < -0.39 is 11.3 Å². The maximum absolute atomic E-state index is 9.06. The first-order valence-electron chi connectivity index (χ1n) is 0.732. The van der Waals surface area contributed by atoms with Crippen LogP contribution in [0.2, 0.25) is 0 Å². The Balaban J connectivity index is 3.20. The van der Waals surface area contributed by atoms with E-state index in [1.165, 1.54) is 0 Å². The Bertz CT molecular complexity index is 58.7. The fourth-order valence-electron chi connectivity index (χ4n) is 0. The van der Waals surface area contributed by atoms with Gasteiger partial charge in [0.25, 0.3) is 11.3 Å². The van der Waals surface area contributed by atoms with Crippen LogP contribution >= 0.6 is 0 Å². The highest BCUT2D eigenvalue weighted by atomic mass is 32.2. The van der Waals surface area contributed by atoms with Gasteiger partial charge in [-0.3, -0.25) is 4.55 Å². The molecule has 1 unspecified atom stereocenters. The standard InChI is InChI=1S/HN2O2S/c1-2-5(3)4/h(H,3,4)/q-1. The minimum atomic E-state index is -2.39. The van der Waals surface area contributed by atoms with E-state index in [0.29, 0.717) is 0 Å². The molecule has 0 rings (SSSR count). The second kappa shape index (κ2) is 1.98. The maximum Gasteiger partial charge on any atom is 0.261 e. The van der Waals surface area contributed by atoms with Crippen LogP contribution in [0.1, 0.15) is 0 Å². The Hall–Kier alpha value is -0.290. The van der Waals surface area contributed by atoms with Crippen molar-refractivity contribution in [2.24, 2.45) is 4.52 Å². The molecule has 1 atom stereocenters. The summed E-state index contributed by atoms with van der Waals surface area (Å²) in [6.07, 6.45) is 0. The van der Waals surface area contributed by atoms with Gasteiger partial charge in [-0.2, -0.15) is 0 Å². The summed E-state index contributed by atoms with van der Waals surface area (Å²) in [5.74, 6) is 0. The van der Waals surface area contributed by atoms with Crippen molar-refractivity contribution >= 4 is 11.3 Å². The summed E-state index contributed by atoms with van der Waals surface area (Å²) < 4.78 is 18.4. The largest absolute Gasteiger partial charge is 0.695 e. The van der Waals surface area contributed by atoms with E-state index in [1.54, 1.807) is 0 Å². The molecule has 0 aromatic carbocycles. The van der Waals surface area contributed by atoms with Gasteiger partial charge in [0.2, 0.25) is 0 Å². The van der Waals surface area contributed by atoms with Gasteiger partial charge >= 0.3 is 0 Å². The van der Waals surface area contributed by atoms with Crippen molar-refractivity contribution in [3.8, 4) is 0 Å². The van der Waals surface area contributed by atoms with Crippen LogP contribution in [0.15, 0.2) is 4.52 Å². The molecule has 0 aromatic heterocycles. The molecule has 0 fully saturated rings. The lowest BCUT2D eigenvalue weighted by Crippen LogP contribution is -1.69. The smallest absolute Gasteiger partial charge is 0.261 e. The molecule has 0 aliphatic rings. The monoisotopic (exact) mass is 93.0 g/mol. The number of hydrogen-bond acceptors (Lipinski definition) is 1. The molecule has 0 aliphatic carbocycles. The van der Waals surface area contributed by atoms with Crippen LogP contribution in [0.5, 0.6) is 0 Å². The molecule has 5 heteroatoms. The molecule has 0 saturated carbocycles. The molecular formula is HN2O2S-. The highest BCUT2D eigenvalue weighted by Crippen LogP contribution is 1.66. The topological polar surface area (TPSA) is 72.0 Å². The summed E-state index contributed by atoms with van der Waals surface area (Å²) in [6, 6.07) is 0. The molecule has 1 N–H and O–H groups in total. The molecule has 0 heterocycles. The van der Waals surface area contributed by atoms with Gasteiger partial charge < -0.3 is 10.1 Å². The quantitative estimate of drug-likeness (QED) is 0.370. The van der Waals surface area contributed by atoms with Gasteiger partial charge in [0.1, 0.15) is 0 Å². The van der Waals surface area contributed by atoms with Crippen LogP contribution in [0.4, 0.5) is 0 Å². The predicted molar refractivity (Wildman–Crippen MR) is 16.6 cm³/mol. The molecule has 0 spiro atoms. The van der Waals surface area contributed by atoms with Crippen molar-refractivity contribution in [1.82, 2.24) is 0 Å². The minimum Gasteiger partial charge on any atom is -0.695 e. The molecule has 4 nitrogen and oxygen atoms in total. The highest BCUT2D eigenvalue weighted by Gasteiger charge is 1.63. The zero-order valence-corrected chi connectivity index (χ0v) is 2.97. The van der Waals surface area contributed by atoms with Crippen LogP contribution in [0.25, 0.3) is 5.53 Å². The highest BCUT2D eigenvalue weighted by molar-refractivity contribution is 7.77. The summed E-state index contributed by atoms with van der Waals surface area (Å²) in [4.78, 5) is 0. The van der Waals surface area contributed by atoms with Gasteiger partial charge in [-0.25, -0.2) is 4.21 Å². The fraction of sp³-hybridized carbons (Fsp3) is 0. The Labute approximate surface area is 31.1 Å². The van der Waals surface area contributed by atoms with Gasteiger partial charge in [-0.1, -0.05) is 0 Å². The Morgan fingerprint density at radius 3 is 2.20 bits per heavy atom. The molecular weight excluding hydrogens is 92.1 g/mol. The third-order valence-corrected chi connectivity index (χ3v) is 0.210. The second-order valence-corrected chi connectivity index (χ2v) is 0.937. The first-order chi connectivity index (χ1) is 2.27. The number of hydrogen-bond donors (Lipinski definition) is 1. The maximum atomic E-state index is 9.06. The summed E-state index contributed by atoms with van der Waals surface area (Å²) in [6.45, 7) is 0. The van der Waals surface area contributed by atoms with Crippen molar-refractivity contribution in [2.75, 3.05) is 0 Å². The van der Waals surface area contributed by atoms with E-state index in [4.69, 9.17) is 14.3 Å². The Kier molecular flexibility index (Phi) is 1.86. The molecule has 0 amide bonds. The third-order valence-electron chi connectivity index (χ3n) is 0.0698. The SMILES string of the molecule is [N-]=NS(=O)O. The van der Waals surface area contributed by atoms with Crippen LogP contribution < -0.4 is 0 Å². The fourth-order valence-corrected chi connectivity index (χ4v) is 0. The summed E-state index contributed by atoms with van der Waals surface area (Å²) in [5, 5.41) is 0. The third kappa shape index (κ3) is 3.71. The number of nitrogens with zero attached hydrogens (tertiary/aromatic N) is 2. The summed E-state index contributed by atoms with van der Waals surface area (Å²) in [7, 11) is 0. The van der Waals surface area contributed by atoms with Crippen LogP contribution in [0, 0.1) is 0 Å². The van der Waals surface area contributed by atoms with Crippen molar-refractivity contribution in [2.45, 2.75) is 0 Å². The molecule has 0 saturated heterocycles. The van der Waals surface area contributed by atoms with Crippen molar-refractivity contribution in [3.63, 3.8) is 0 Å². The second-order valence-electron chi connectivity index (χ2n) is 0.312. The lowest BCUT2D eigenvalue weighted by atomic mass is 13.3. The lowest BCUT2D eigenvalue weighted by Gasteiger charge is -1.76. The molecule has 0 bridgehead atoms. The molecule has 0 aliphatic heterocycles. The van der Waals surface area contributed by atoms with Crippen LogP contribution in [-0.2, 0) is 11.3 Å². The first-order valence-corrected chi connectivity index (χ1v) is 1.80. The molecule has 0 aromatic rings. The first kappa shape index (κ1) is 4.71. The molecule has 0 radical (unpaired) electrons. The lowest BCUT2D eigenvalue weighted by molar-refractivity contribution is 0.566. The van der Waals surface area contributed by atoms with Crippen molar-refractivity contribution < 1.29 is 8.76 Å². The Morgan fingerprint density at radius 2 is 2.20 bits per heavy atom. The normalized spacial score (nSPS) is 13.8. The van der Waals surface area contributed by atoms with Crippen LogP contribution in [0.3, 0.4) is 0 Å².